The Bertz CT molecular complexity index is 636. The highest BCUT2D eigenvalue weighted by Crippen LogP contribution is 2.23. The second-order valence-electron chi connectivity index (χ2n) is 4.44. The highest BCUT2D eigenvalue weighted by atomic mass is 35.5. The number of aryl methyl sites for hydroxylation is 2. The molecule has 3 N–H and O–H groups in total. The predicted octanol–water partition coefficient (Wildman–Crippen LogP) is 2.73. The van der Waals surface area contributed by atoms with Crippen LogP contribution < -0.4 is 10.5 Å². The SMILES string of the molecule is CCn1nc(C)cc1COc1ccc(C(=N)N)c(Cl)c1. The van der Waals surface area contributed by atoms with Crippen LogP contribution in [-0.4, -0.2) is 15.6 Å². The number of nitrogens with zero attached hydrogens (tertiary/aromatic N) is 2. The van der Waals surface area contributed by atoms with Gasteiger partial charge in [-0.3, -0.25) is 10.1 Å². The first kappa shape index (κ1) is 14.4. The number of halogens is 1. The van der Waals surface area contributed by atoms with Crippen molar-refractivity contribution in [1.29, 1.82) is 5.41 Å². The smallest absolute Gasteiger partial charge is 0.130 e. The van der Waals surface area contributed by atoms with Gasteiger partial charge in [-0.05, 0) is 38.1 Å². The molecule has 0 saturated carbocycles. The van der Waals surface area contributed by atoms with Crippen molar-refractivity contribution in [3.63, 3.8) is 0 Å². The molecule has 0 aliphatic heterocycles. The monoisotopic (exact) mass is 292 g/mol. The molecule has 0 fully saturated rings. The topological polar surface area (TPSA) is 76.9 Å². The standard InChI is InChI=1S/C14H17ClN4O/c1-3-19-10(6-9(2)18-19)8-20-11-4-5-12(14(16)17)13(15)7-11/h4-7H,3,8H2,1-2H3,(H3,16,17). The summed E-state index contributed by atoms with van der Waals surface area (Å²) < 4.78 is 7.61. The minimum absolute atomic E-state index is 0.0544. The Kier molecular flexibility index (Phi) is 4.29. The number of nitrogen functional groups attached to an aromatic ring is 1. The molecular formula is C14H17ClN4O. The summed E-state index contributed by atoms with van der Waals surface area (Å²) in [6, 6.07) is 7.09. The zero-order chi connectivity index (χ0) is 14.7. The van der Waals surface area contributed by atoms with E-state index in [0.29, 0.717) is 22.9 Å². The van der Waals surface area contributed by atoms with Gasteiger partial charge in [-0.15, -0.1) is 0 Å². The number of nitrogens with one attached hydrogen (secondary N) is 1. The minimum atomic E-state index is -0.0544. The molecule has 2 rings (SSSR count). The van der Waals surface area contributed by atoms with Gasteiger partial charge in [-0.25, -0.2) is 0 Å². The molecule has 0 radical (unpaired) electrons. The average Bonchev–Trinajstić information content (AvgIpc) is 2.76. The lowest BCUT2D eigenvalue weighted by Gasteiger charge is -2.09. The number of hydrogen-bond donors (Lipinski definition) is 2. The maximum atomic E-state index is 7.38. The van der Waals surface area contributed by atoms with Crippen LogP contribution in [-0.2, 0) is 13.2 Å². The van der Waals surface area contributed by atoms with E-state index in [1.807, 2.05) is 24.6 Å². The van der Waals surface area contributed by atoms with Crippen molar-refractivity contribution in [2.45, 2.75) is 27.0 Å². The highest BCUT2D eigenvalue weighted by molar-refractivity contribution is 6.34. The maximum Gasteiger partial charge on any atom is 0.130 e. The Labute approximate surface area is 122 Å². The third-order valence-corrected chi connectivity index (χ3v) is 3.22. The van der Waals surface area contributed by atoms with Crippen LogP contribution >= 0.6 is 11.6 Å². The minimum Gasteiger partial charge on any atom is -0.487 e. The van der Waals surface area contributed by atoms with Gasteiger partial charge < -0.3 is 10.5 Å². The molecule has 0 aliphatic rings. The summed E-state index contributed by atoms with van der Waals surface area (Å²) in [4.78, 5) is 0. The molecule has 20 heavy (non-hydrogen) atoms. The molecule has 0 bridgehead atoms. The summed E-state index contributed by atoms with van der Waals surface area (Å²) in [6.07, 6.45) is 0. The van der Waals surface area contributed by atoms with Gasteiger partial charge in [0.15, 0.2) is 0 Å². The zero-order valence-corrected chi connectivity index (χ0v) is 12.2. The van der Waals surface area contributed by atoms with E-state index in [4.69, 9.17) is 27.5 Å². The van der Waals surface area contributed by atoms with E-state index in [9.17, 15) is 0 Å². The van der Waals surface area contributed by atoms with E-state index < -0.39 is 0 Å². The number of aromatic nitrogens is 2. The molecule has 1 heterocycles. The lowest BCUT2D eigenvalue weighted by molar-refractivity contribution is 0.292. The fourth-order valence-corrected chi connectivity index (χ4v) is 2.22. The van der Waals surface area contributed by atoms with Crippen LogP contribution in [0.25, 0.3) is 0 Å². The van der Waals surface area contributed by atoms with Crippen molar-refractivity contribution in [2.24, 2.45) is 5.73 Å². The van der Waals surface area contributed by atoms with Crippen molar-refractivity contribution in [3.05, 3.63) is 46.2 Å². The van der Waals surface area contributed by atoms with Gasteiger partial charge in [0.1, 0.15) is 18.2 Å². The molecule has 5 nitrogen and oxygen atoms in total. The molecule has 106 valence electrons. The fourth-order valence-electron chi connectivity index (χ4n) is 1.95. The van der Waals surface area contributed by atoms with Crippen LogP contribution in [0.15, 0.2) is 24.3 Å². The van der Waals surface area contributed by atoms with Crippen LogP contribution in [0.1, 0.15) is 23.9 Å². The predicted molar refractivity (Wildman–Crippen MR) is 79.4 cm³/mol. The first-order chi connectivity index (χ1) is 9.51. The van der Waals surface area contributed by atoms with E-state index in [0.717, 1.165) is 17.9 Å². The van der Waals surface area contributed by atoms with Crippen molar-refractivity contribution >= 4 is 17.4 Å². The van der Waals surface area contributed by atoms with Crippen LogP contribution in [0.3, 0.4) is 0 Å². The third kappa shape index (κ3) is 3.11. The molecule has 0 saturated heterocycles. The number of nitrogens with two attached hydrogens (primary N) is 1. The Balaban J connectivity index is 2.11. The van der Waals surface area contributed by atoms with Gasteiger partial charge in [0.05, 0.1) is 16.4 Å². The normalized spacial score (nSPS) is 10.6. The van der Waals surface area contributed by atoms with Crippen LogP contribution in [0.4, 0.5) is 0 Å². The van der Waals surface area contributed by atoms with Gasteiger partial charge in [0.2, 0.25) is 0 Å². The lowest BCUT2D eigenvalue weighted by atomic mass is 10.2. The maximum absolute atomic E-state index is 7.38. The first-order valence-electron chi connectivity index (χ1n) is 6.31. The molecule has 0 atom stereocenters. The summed E-state index contributed by atoms with van der Waals surface area (Å²) in [5.41, 5.74) is 7.90. The Morgan fingerprint density at radius 3 is 2.80 bits per heavy atom. The van der Waals surface area contributed by atoms with Crippen molar-refractivity contribution < 1.29 is 4.74 Å². The van der Waals surface area contributed by atoms with Gasteiger partial charge in [0.25, 0.3) is 0 Å². The number of ether oxygens (including phenoxy) is 1. The largest absolute Gasteiger partial charge is 0.487 e. The van der Waals surface area contributed by atoms with Gasteiger partial charge in [0, 0.05) is 12.1 Å². The van der Waals surface area contributed by atoms with Gasteiger partial charge in [-0.1, -0.05) is 11.6 Å². The van der Waals surface area contributed by atoms with Crippen LogP contribution in [0.2, 0.25) is 5.02 Å². The van der Waals surface area contributed by atoms with E-state index in [1.165, 1.54) is 0 Å². The molecule has 1 aromatic heterocycles. The number of amidine groups is 1. The quantitative estimate of drug-likeness (QED) is 0.657. The van der Waals surface area contributed by atoms with Gasteiger partial charge >= 0.3 is 0 Å². The Morgan fingerprint density at radius 2 is 2.20 bits per heavy atom. The summed E-state index contributed by atoms with van der Waals surface area (Å²) in [5.74, 6) is 0.586. The van der Waals surface area contributed by atoms with Crippen LogP contribution in [0.5, 0.6) is 5.75 Å². The summed E-state index contributed by atoms with van der Waals surface area (Å²) in [7, 11) is 0. The third-order valence-electron chi connectivity index (χ3n) is 2.90. The van der Waals surface area contributed by atoms with Crippen molar-refractivity contribution in [3.8, 4) is 5.75 Å². The van der Waals surface area contributed by atoms with E-state index in [1.54, 1.807) is 18.2 Å². The molecular weight excluding hydrogens is 276 g/mol. The highest BCUT2D eigenvalue weighted by Gasteiger charge is 2.07. The average molecular weight is 293 g/mol. The van der Waals surface area contributed by atoms with E-state index in [2.05, 4.69) is 5.10 Å². The second kappa shape index (κ2) is 5.96. The van der Waals surface area contributed by atoms with Crippen molar-refractivity contribution in [2.75, 3.05) is 0 Å². The summed E-state index contributed by atoms with van der Waals surface area (Å²) >= 11 is 6.05. The van der Waals surface area contributed by atoms with E-state index >= 15 is 0 Å². The molecule has 0 aliphatic carbocycles. The Morgan fingerprint density at radius 1 is 1.45 bits per heavy atom. The number of hydrogen-bond acceptors (Lipinski definition) is 3. The van der Waals surface area contributed by atoms with E-state index in [-0.39, 0.29) is 5.84 Å². The molecule has 0 amide bonds. The second-order valence-corrected chi connectivity index (χ2v) is 4.84. The number of rotatable bonds is 5. The molecule has 1 aromatic carbocycles. The summed E-state index contributed by atoms with van der Waals surface area (Å²) in [5, 5.41) is 12.2. The molecule has 6 heteroatoms. The zero-order valence-electron chi connectivity index (χ0n) is 11.5. The van der Waals surface area contributed by atoms with Crippen molar-refractivity contribution in [1.82, 2.24) is 9.78 Å². The number of benzene rings is 1. The molecule has 0 spiro atoms. The Hall–Kier alpha value is -2.01. The lowest BCUT2D eigenvalue weighted by Crippen LogP contribution is -2.11. The molecule has 2 aromatic rings. The summed E-state index contributed by atoms with van der Waals surface area (Å²) in [6.45, 7) is 5.21. The first-order valence-corrected chi connectivity index (χ1v) is 6.69. The fraction of sp³-hybridized carbons (Fsp3) is 0.286. The molecule has 0 unspecified atom stereocenters. The van der Waals surface area contributed by atoms with Crippen LogP contribution in [0, 0.1) is 12.3 Å². The van der Waals surface area contributed by atoms with Gasteiger partial charge in [-0.2, -0.15) is 5.10 Å².